The lowest BCUT2D eigenvalue weighted by Crippen LogP contribution is -2.18. The van der Waals surface area contributed by atoms with Crippen molar-refractivity contribution in [3.05, 3.63) is 65.4 Å². The number of halogens is 5. The second kappa shape index (κ2) is 10.4. The first-order valence-corrected chi connectivity index (χ1v) is 11.9. The highest BCUT2D eigenvalue weighted by Crippen LogP contribution is 2.33. The minimum Gasteiger partial charge on any atom is -0.437 e. The number of amides is 1. The Balaban J connectivity index is 1.98. The van der Waals surface area contributed by atoms with Crippen molar-refractivity contribution in [2.75, 3.05) is 18.6 Å². The molecule has 3 aromatic rings. The molecule has 0 aliphatic rings. The predicted octanol–water partition coefficient (Wildman–Crippen LogP) is 5.54. The number of rotatable bonds is 7. The van der Waals surface area contributed by atoms with Crippen molar-refractivity contribution in [2.24, 2.45) is 4.36 Å². The van der Waals surface area contributed by atoms with Crippen LogP contribution in [0.1, 0.15) is 21.6 Å². The van der Waals surface area contributed by atoms with E-state index in [0.29, 0.717) is 11.0 Å². The van der Waals surface area contributed by atoms with E-state index in [-0.39, 0.29) is 22.7 Å². The van der Waals surface area contributed by atoms with Gasteiger partial charge in [-0.05, 0) is 55.0 Å². The number of nitrogens with one attached hydrogen (secondary N) is 1. The molecule has 8 nitrogen and oxygen atoms in total. The molecule has 1 unspecified atom stereocenters. The summed E-state index contributed by atoms with van der Waals surface area (Å²) in [5.74, 6) is -1.74. The maximum Gasteiger partial charge on any atom is 0.435 e. The normalized spacial score (nSPS) is 13.1. The summed E-state index contributed by atoms with van der Waals surface area (Å²) < 4.78 is 90.8. The van der Waals surface area contributed by atoms with Gasteiger partial charge in [0.25, 0.3) is 11.8 Å². The van der Waals surface area contributed by atoms with Gasteiger partial charge < -0.3 is 14.8 Å². The molecule has 0 aliphatic heterocycles. The number of alkyl halides is 5. The van der Waals surface area contributed by atoms with Crippen LogP contribution in [-0.2, 0) is 15.9 Å². The third kappa shape index (κ3) is 6.44. The summed E-state index contributed by atoms with van der Waals surface area (Å²) in [5.41, 5.74) is -1.63. The summed E-state index contributed by atoms with van der Waals surface area (Å²) in [7, 11) is -1.37. The van der Waals surface area contributed by atoms with Gasteiger partial charge in [0.1, 0.15) is 17.1 Å². The number of ether oxygens (including phenoxy) is 2. The van der Waals surface area contributed by atoms with Crippen LogP contribution in [0, 0.1) is 6.92 Å². The maximum atomic E-state index is 13.3. The largest absolute Gasteiger partial charge is 0.437 e. The highest BCUT2D eigenvalue weighted by atomic mass is 32.2. The molecule has 1 amide bonds. The smallest absolute Gasteiger partial charge is 0.435 e. The third-order valence-electron chi connectivity index (χ3n) is 4.75. The van der Waals surface area contributed by atoms with Gasteiger partial charge in [-0.3, -0.25) is 4.79 Å². The van der Waals surface area contributed by atoms with Crippen molar-refractivity contribution in [3.63, 3.8) is 0 Å². The van der Waals surface area contributed by atoms with Gasteiger partial charge in [0.15, 0.2) is 5.69 Å². The summed E-state index contributed by atoms with van der Waals surface area (Å²) in [6.45, 7) is -1.59. The molecular formula is C22H19F5N4O4S. The summed E-state index contributed by atoms with van der Waals surface area (Å²) in [5, 5.41) is 8.93. The van der Waals surface area contributed by atoms with E-state index >= 15 is 0 Å². The van der Waals surface area contributed by atoms with Crippen molar-refractivity contribution in [1.29, 1.82) is 0 Å². The Morgan fingerprint density at radius 3 is 2.44 bits per heavy atom. The fourth-order valence-electron chi connectivity index (χ4n) is 2.89. The van der Waals surface area contributed by atoms with Crippen LogP contribution in [0.5, 0.6) is 17.4 Å². The van der Waals surface area contributed by atoms with Gasteiger partial charge in [-0.15, -0.1) is 10.2 Å². The lowest BCUT2D eigenvalue weighted by molar-refractivity contribution is -0.141. The zero-order valence-electron chi connectivity index (χ0n) is 19.0. The van der Waals surface area contributed by atoms with Crippen LogP contribution in [0.25, 0.3) is 0 Å². The molecule has 2 aromatic carbocycles. The average Bonchev–Trinajstić information content (AvgIpc) is 2.80. The topological polar surface area (TPSA) is 103 Å². The van der Waals surface area contributed by atoms with Gasteiger partial charge in [-0.25, -0.2) is 8.57 Å². The number of carbonyl (C=O) groups is 1. The SMILES string of the molecule is CN=S(C)(=O)c1cccc(NC(=O)c2cc(C(F)(F)F)nnc2Oc2ccc(OC(F)F)cc2C)c1. The molecular weight excluding hydrogens is 511 g/mol. The van der Waals surface area contributed by atoms with Crippen LogP contribution in [-0.4, -0.2) is 40.2 Å². The van der Waals surface area contributed by atoms with Crippen LogP contribution in [0.2, 0.25) is 0 Å². The molecule has 3 rings (SSSR count). The number of aryl methyl sites for hydroxylation is 1. The minimum atomic E-state index is -4.90. The number of hydrogen-bond acceptors (Lipinski definition) is 7. The van der Waals surface area contributed by atoms with Crippen LogP contribution in [0.15, 0.2) is 57.8 Å². The highest BCUT2D eigenvalue weighted by Gasteiger charge is 2.35. The number of aromatic nitrogens is 2. The Kier molecular flexibility index (Phi) is 7.77. The Bertz CT molecular complexity index is 1410. The average molecular weight is 530 g/mol. The second-order valence-electron chi connectivity index (χ2n) is 7.32. The van der Waals surface area contributed by atoms with Crippen molar-refractivity contribution >= 4 is 21.3 Å². The Morgan fingerprint density at radius 1 is 1.11 bits per heavy atom. The highest BCUT2D eigenvalue weighted by molar-refractivity contribution is 7.93. The number of benzene rings is 2. The summed E-state index contributed by atoms with van der Waals surface area (Å²) in [4.78, 5) is 13.3. The molecule has 0 saturated heterocycles. The van der Waals surface area contributed by atoms with Gasteiger partial charge in [-0.1, -0.05) is 6.07 Å². The van der Waals surface area contributed by atoms with E-state index in [4.69, 9.17) is 4.74 Å². The van der Waals surface area contributed by atoms with Gasteiger partial charge in [0.2, 0.25) is 0 Å². The fourth-order valence-corrected chi connectivity index (χ4v) is 3.77. The van der Waals surface area contributed by atoms with Crippen molar-refractivity contribution < 1.29 is 40.4 Å². The molecule has 0 saturated carbocycles. The quantitative estimate of drug-likeness (QED) is 0.403. The first-order chi connectivity index (χ1) is 16.8. The Labute approximate surface area is 202 Å². The van der Waals surface area contributed by atoms with Gasteiger partial charge in [-0.2, -0.15) is 22.0 Å². The van der Waals surface area contributed by atoms with Gasteiger partial charge >= 0.3 is 12.8 Å². The van der Waals surface area contributed by atoms with Crippen LogP contribution < -0.4 is 14.8 Å². The van der Waals surface area contributed by atoms with Crippen molar-refractivity contribution in [3.8, 4) is 17.4 Å². The lowest BCUT2D eigenvalue weighted by atomic mass is 10.2. The molecule has 1 atom stereocenters. The monoisotopic (exact) mass is 530 g/mol. The molecule has 0 spiro atoms. The standard InChI is InChI=1S/C22H19F5N4O4S/c1-12-9-14(34-21(23)24)7-8-17(12)35-20-16(11-18(30-31-20)22(25,26)27)19(32)29-13-5-4-6-15(10-13)36(3,33)28-2/h4-11,21H,1-3H3,(H,29,32). The third-order valence-corrected chi connectivity index (χ3v) is 6.58. The zero-order chi connectivity index (χ0) is 26.7. The number of nitrogens with zero attached hydrogens (tertiary/aromatic N) is 3. The second-order valence-corrected chi connectivity index (χ2v) is 9.76. The molecule has 0 bridgehead atoms. The molecule has 14 heteroatoms. The van der Waals surface area contributed by atoms with E-state index in [1.165, 1.54) is 56.6 Å². The first kappa shape index (κ1) is 26.8. The van der Waals surface area contributed by atoms with Gasteiger partial charge in [0, 0.05) is 23.9 Å². The zero-order valence-corrected chi connectivity index (χ0v) is 19.8. The van der Waals surface area contributed by atoms with Crippen molar-refractivity contribution in [2.45, 2.75) is 24.6 Å². The molecule has 36 heavy (non-hydrogen) atoms. The maximum absolute atomic E-state index is 13.3. The predicted molar refractivity (Wildman–Crippen MR) is 120 cm³/mol. The summed E-state index contributed by atoms with van der Waals surface area (Å²) >= 11 is 0. The molecule has 0 radical (unpaired) electrons. The number of carbonyl (C=O) groups excluding carboxylic acids is 1. The van der Waals surface area contributed by atoms with Crippen molar-refractivity contribution in [1.82, 2.24) is 10.2 Å². The molecule has 1 aromatic heterocycles. The van der Waals surface area contributed by atoms with Crippen LogP contribution >= 0.6 is 0 Å². The van der Waals surface area contributed by atoms with Gasteiger partial charge in [0.05, 0.1) is 9.73 Å². The van der Waals surface area contributed by atoms with E-state index in [1.54, 1.807) is 0 Å². The lowest BCUT2D eigenvalue weighted by Gasteiger charge is -2.14. The fraction of sp³-hybridized carbons (Fsp3) is 0.227. The summed E-state index contributed by atoms with van der Waals surface area (Å²) in [6.07, 6.45) is -3.51. The molecule has 0 fully saturated rings. The Hall–Kier alpha value is -3.81. The number of anilines is 1. The molecule has 1 N–H and O–H groups in total. The van der Waals surface area contributed by atoms with E-state index in [9.17, 15) is 31.0 Å². The number of hydrogen-bond donors (Lipinski definition) is 1. The summed E-state index contributed by atoms with van der Waals surface area (Å²) in [6, 6.07) is 9.90. The van der Waals surface area contributed by atoms with E-state index in [2.05, 4.69) is 24.6 Å². The first-order valence-electron chi connectivity index (χ1n) is 10.00. The minimum absolute atomic E-state index is 0.0111. The van der Waals surface area contributed by atoms with E-state index < -0.39 is 45.6 Å². The molecule has 0 aliphatic carbocycles. The van der Waals surface area contributed by atoms with E-state index in [0.717, 1.165) is 6.07 Å². The van der Waals surface area contributed by atoms with Crippen LogP contribution in [0.3, 0.4) is 0 Å². The molecule has 192 valence electrons. The molecule has 1 heterocycles. The van der Waals surface area contributed by atoms with E-state index in [1.807, 2.05) is 0 Å². The van der Waals surface area contributed by atoms with Crippen LogP contribution in [0.4, 0.5) is 27.6 Å². The Morgan fingerprint density at radius 2 is 1.83 bits per heavy atom.